The molecule has 2 aromatic heterocycles. The van der Waals surface area contributed by atoms with Crippen LogP contribution in [0.2, 0.25) is 0 Å². The van der Waals surface area contributed by atoms with E-state index in [4.69, 9.17) is 9.31 Å². The van der Waals surface area contributed by atoms with Crippen molar-refractivity contribution in [2.24, 2.45) is 0 Å². The second-order valence-electron chi connectivity index (χ2n) is 9.55. The number of benzene rings is 2. The molecule has 0 aliphatic carbocycles. The van der Waals surface area contributed by atoms with Gasteiger partial charge in [0.15, 0.2) is 0 Å². The van der Waals surface area contributed by atoms with Crippen LogP contribution in [0.15, 0.2) is 60.7 Å². The van der Waals surface area contributed by atoms with Gasteiger partial charge in [-0.05, 0) is 64.4 Å². The minimum atomic E-state index is -1.86. The van der Waals surface area contributed by atoms with Gasteiger partial charge in [-0.1, -0.05) is 58.1 Å². The Morgan fingerprint density at radius 3 is 1.37 bits per heavy atom. The summed E-state index contributed by atoms with van der Waals surface area (Å²) >= 11 is 3.55. The fraction of sp³-hybridized carbons (Fsp3) is 0.333. The van der Waals surface area contributed by atoms with Gasteiger partial charge < -0.3 is 10.7 Å². The average Bonchev–Trinajstić information content (AvgIpc) is 3.23. The van der Waals surface area contributed by atoms with Gasteiger partial charge in [-0.2, -0.15) is 22.7 Å². The third-order valence-corrected chi connectivity index (χ3v) is 7.19. The maximum Gasteiger partial charge on any atom is 1.00 e. The fourth-order valence-electron chi connectivity index (χ4n) is 3.77. The molecule has 0 radical (unpaired) electrons. The van der Waals surface area contributed by atoms with Crippen molar-refractivity contribution >= 4 is 59.0 Å². The summed E-state index contributed by atoms with van der Waals surface area (Å²) < 4.78 is 18.6. The van der Waals surface area contributed by atoms with E-state index in [0.29, 0.717) is 0 Å². The summed E-state index contributed by atoms with van der Waals surface area (Å²) in [5, 5.41) is 2.46. The first kappa shape index (κ1) is 23.6. The van der Waals surface area contributed by atoms with E-state index in [1.165, 1.54) is 20.2 Å². The van der Waals surface area contributed by atoms with Crippen molar-refractivity contribution in [2.75, 3.05) is 0 Å². The van der Waals surface area contributed by atoms with Gasteiger partial charge in [0.2, 0.25) is 0 Å². The molecule has 0 aliphatic rings. The SMILES string of the molecule is CC(C)(C)O[B-](OC(C)(C)C)(c1cc2ccccc2s1)c1cc2ccccc2s1.[H-].[Li+]. The van der Waals surface area contributed by atoms with Crippen molar-refractivity contribution in [1.82, 2.24) is 0 Å². The van der Waals surface area contributed by atoms with E-state index in [0.717, 1.165) is 9.55 Å². The van der Waals surface area contributed by atoms with Gasteiger partial charge >= 0.3 is 25.4 Å². The zero-order valence-electron chi connectivity index (χ0n) is 20.0. The molecule has 0 amide bonds. The second-order valence-corrected chi connectivity index (χ2v) is 11.8. The van der Waals surface area contributed by atoms with Crippen LogP contribution in [-0.2, 0) is 9.31 Å². The molecule has 30 heavy (non-hydrogen) atoms. The van der Waals surface area contributed by atoms with Crippen LogP contribution in [0, 0.1) is 0 Å². The number of hydrogen-bond acceptors (Lipinski definition) is 4. The third kappa shape index (κ3) is 4.88. The topological polar surface area (TPSA) is 18.5 Å². The Hall–Kier alpha value is -1.06. The number of rotatable bonds is 4. The van der Waals surface area contributed by atoms with Gasteiger partial charge in [0.05, 0.1) is 0 Å². The maximum absolute atomic E-state index is 6.89. The first-order chi connectivity index (χ1) is 13.6. The van der Waals surface area contributed by atoms with Crippen LogP contribution in [0.4, 0.5) is 0 Å². The summed E-state index contributed by atoms with van der Waals surface area (Å²) in [5.74, 6) is 0. The molecule has 4 aromatic rings. The molecule has 0 saturated heterocycles. The number of hydrogen-bond donors (Lipinski definition) is 0. The zero-order valence-corrected chi connectivity index (χ0v) is 20.6. The van der Waals surface area contributed by atoms with E-state index in [-0.39, 0.29) is 31.5 Å². The van der Waals surface area contributed by atoms with Gasteiger partial charge in [-0.25, -0.2) is 0 Å². The minimum Gasteiger partial charge on any atom is -1.00 e. The van der Waals surface area contributed by atoms with E-state index in [1.807, 2.05) is 0 Å². The third-order valence-electron chi connectivity index (χ3n) is 4.68. The van der Waals surface area contributed by atoms with Crippen LogP contribution in [-0.4, -0.2) is 17.8 Å². The Bertz CT molecular complexity index is 1000. The summed E-state index contributed by atoms with van der Waals surface area (Å²) in [6.45, 7) is 10.8. The van der Waals surface area contributed by atoms with Crippen molar-refractivity contribution < 1.29 is 29.6 Å². The first-order valence-corrected chi connectivity index (χ1v) is 11.7. The molecule has 0 spiro atoms. The molecule has 154 valence electrons. The Morgan fingerprint density at radius 2 is 1.03 bits per heavy atom. The van der Waals surface area contributed by atoms with Crippen LogP contribution < -0.4 is 28.4 Å². The van der Waals surface area contributed by atoms with Gasteiger partial charge in [0.25, 0.3) is 0 Å². The monoisotopic (exact) mass is 431 g/mol. The van der Waals surface area contributed by atoms with E-state index in [1.54, 1.807) is 22.7 Å². The summed E-state index contributed by atoms with van der Waals surface area (Å²) in [7, 11) is 0. The van der Waals surface area contributed by atoms with Crippen molar-refractivity contribution in [2.45, 2.75) is 52.7 Å². The molecule has 0 aliphatic heterocycles. The van der Waals surface area contributed by atoms with Crippen LogP contribution >= 0.6 is 22.7 Å². The molecule has 4 rings (SSSR count). The van der Waals surface area contributed by atoms with Crippen molar-refractivity contribution in [3.63, 3.8) is 0 Å². The Balaban J connectivity index is 0.00000171. The molecule has 0 fully saturated rings. The summed E-state index contributed by atoms with van der Waals surface area (Å²) in [6.07, 6.45) is 0. The minimum absolute atomic E-state index is 0. The van der Waals surface area contributed by atoms with Gasteiger partial charge in [-0.15, -0.1) is 0 Å². The van der Waals surface area contributed by atoms with Crippen LogP contribution in [0.5, 0.6) is 0 Å². The molecule has 6 heteroatoms. The maximum atomic E-state index is 6.89. The average molecular weight is 431 g/mol. The number of fused-ring (bicyclic) bond motifs is 2. The van der Waals surface area contributed by atoms with Crippen LogP contribution in [0.25, 0.3) is 20.2 Å². The quantitative estimate of drug-likeness (QED) is 0.461. The molecule has 2 aromatic carbocycles. The Morgan fingerprint density at radius 1 is 0.667 bits per heavy atom. The molecule has 0 saturated carbocycles. The summed E-state index contributed by atoms with van der Waals surface area (Å²) in [4.78, 5) is 0. The fourth-order valence-corrected chi connectivity index (χ4v) is 6.27. The van der Waals surface area contributed by atoms with Gasteiger partial charge in [0, 0.05) is 20.6 Å². The largest absolute Gasteiger partial charge is 1.00 e. The van der Waals surface area contributed by atoms with E-state index < -0.39 is 6.55 Å². The Labute approximate surface area is 201 Å². The van der Waals surface area contributed by atoms with Gasteiger partial charge in [-0.3, -0.25) is 0 Å². The normalized spacial score (nSPS) is 13.0. The van der Waals surface area contributed by atoms with E-state index in [2.05, 4.69) is 102 Å². The molecular weight excluding hydrogens is 402 g/mol. The van der Waals surface area contributed by atoms with E-state index in [9.17, 15) is 0 Å². The second kappa shape index (κ2) is 8.47. The molecule has 2 nitrogen and oxygen atoms in total. The molecule has 0 bridgehead atoms. The number of thiophene rings is 2. The van der Waals surface area contributed by atoms with Crippen molar-refractivity contribution in [3.05, 3.63) is 60.7 Å². The summed E-state index contributed by atoms with van der Waals surface area (Å²) in [5.41, 5.74) is -0.727. The molecule has 0 atom stereocenters. The predicted octanol–water partition coefficient (Wildman–Crippen LogP) is 3.42. The van der Waals surface area contributed by atoms with Crippen LogP contribution in [0.1, 0.15) is 43.0 Å². The molecule has 0 N–H and O–H groups in total. The molecule has 0 unspecified atom stereocenters. The standard InChI is InChI=1S/C24H28BO2S2.Li.H/c1-23(2,3)26-25(27-24(4,5)6,21-15-17-11-7-9-13-19(17)28-21)22-16-18-12-8-10-14-20(18)29-22;;/h7-16H,1-6H3;;/q-1;+1;-1. The van der Waals surface area contributed by atoms with Crippen LogP contribution in [0.3, 0.4) is 0 Å². The van der Waals surface area contributed by atoms with Gasteiger partial charge in [0.1, 0.15) is 0 Å². The summed E-state index contributed by atoms with van der Waals surface area (Å²) in [6, 6.07) is 21.5. The van der Waals surface area contributed by atoms with E-state index >= 15 is 0 Å². The van der Waals surface area contributed by atoms with Crippen molar-refractivity contribution in [3.8, 4) is 0 Å². The Kier molecular flexibility index (Phi) is 6.66. The van der Waals surface area contributed by atoms with Crippen molar-refractivity contribution in [1.29, 1.82) is 0 Å². The predicted molar refractivity (Wildman–Crippen MR) is 131 cm³/mol. The first-order valence-electron chi connectivity index (χ1n) is 10.1. The molecule has 2 heterocycles. The zero-order chi connectivity index (χ0) is 20.9. The smallest absolute Gasteiger partial charge is 1.00 e. The molecular formula is C24H29BLiO2S2-.